The fourth-order valence-corrected chi connectivity index (χ4v) is 2.14. The van der Waals surface area contributed by atoms with Crippen molar-refractivity contribution in [1.82, 2.24) is 9.55 Å². The molecule has 102 valence electrons. The minimum Gasteiger partial charge on any atom is -0.365 e. The van der Waals surface area contributed by atoms with E-state index in [1.807, 2.05) is 0 Å². The molecule has 1 aromatic rings. The summed E-state index contributed by atoms with van der Waals surface area (Å²) < 4.78 is 12.6. The lowest BCUT2D eigenvalue weighted by Gasteiger charge is -2.10. The van der Waals surface area contributed by atoms with Crippen molar-refractivity contribution in [3.8, 4) is 0 Å². The third kappa shape index (κ3) is 5.00. The average Bonchev–Trinajstić information content (AvgIpc) is 2.28. The molecule has 1 aromatic heterocycles. The lowest BCUT2D eigenvalue weighted by Crippen LogP contribution is -2.26. The molecule has 0 aliphatic carbocycles. The van der Waals surface area contributed by atoms with E-state index in [0.29, 0.717) is 30.6 Å². The molecule has 1 atom stereocenters. The Morgan fingerprint density at radius 3 is 2.83 bits per heavy atom. The summed E-state index contributed by atoms with van der Waals surface area (Å²) >= 11 is 0. The summed E-state index contributed by atoms with van der Waals surface area (Å²) in [5.74, 6) is 1.43. The highest BCUT2D eigenvalue weighted by Crippen LogP contribution is 1.98. The zero-order chi connectivity index (χ0) is 13.5. The average molecular weight is 271 g/mol. The van der Waals surface area contributed by atoms with Crippen LogP contribution in [0.5, 0.6) is 0 Å². The number of rotatable bonds is 7. The van der Waals surface area contributed by atoms with Crippen molar-refractivity contribution in [3.05, 3.63) is 22.7 Å². The maximum absolute atomic E-state index is 12.0. The Labute approximate surface area is 110 Å². The van der Waals surface area contributed by atoms with Gasteiger partial charge in [-0.3, -0.25) is 9.00 Å². The summed E-state index contributed by atoms with van der Waals surface area (Å²) in [6.07, 6.45) is 5.78. The van der Waals surface area contributed by atoms with Crippen LogP contribution in [0.3, 0.4) is 0 Å². The van der Waals surface area contributed by atoms with Gasteiger partial charge in [0.05, 0.1) is 0 Å². The van der Waals surface area contributed by atoms with Crippen molar-refractivity contribution in [2.45, 2.75) is 26.8 Å². The topological polar surface area (TPSA) is 64.0 Å². The molecule has 0 aromatic carbocycles. The normalized spacial score (nSPS) is 12.7. The molecule has 0 saturated heterocycles. The lowest BCUT2D eigenvalue weighted by molar-refractivity contribution is 0.509. The molecule has 5 nitrogen and oxygen atoms in total. The molecule has 0 radical (unpaired) electrons. The van der Waals surface area contributed by atoms with E-state index >= 15 is 0 Å². The Hall–Kier alpha value is -1.17. The maximum atomic E-state index is 12.0. The number of nitrogens with zero attached hydrogens (tertiary/aromatic N) is 2. The van der Waals surface area contributed by atoms with Crippen LogP contribution in [0.15, 0.2) is 17.2 Å². The molecule has 0 aliphatic heterocycles. The van der Waals surface area contributed by atoms with Crippen LogP contribution < -0.4 is 10.9 Å². The van der Waals surface area contributed by atoms with Crippen molar-refractivity contribution >= 4 is 16.6 Å². The van der Waals surface area contributed by atoms with Crippen molar-refractivity contribution < 1.29 is 4.21 Å². The van der Waals surface area contributed by atoms with Crippen LogP contribution in [0.1, 0.15) is 20.3 Å². The van der Waals surface area contributed by atoms with Crippen LogP contribution in [0.4, 0.5) is 5.82 Å². The molecule has 1 rings (SSSR count). The first kappa shape index (κ1) is 14.9. The molecule has 0 aliphatic rings. The van der Waals surface area contributed by atoms with E-state index in [0.717, 1.165) is 6.42 Å². The second-order valence-electron chi connectivity index (χ2n) is 4.68. The van der Waals surface area contributed by atoms with Gasteiger partial charge in [0.1, 0.15) is 0 Å². The van der Waals surface area contributed by atoms with E-state index < -0.39 is 10.8 Å². The Kier molecular flexibility index (Phi) is 6.04. The van der Waals surface area contributed by atoms with Gasteiger partial charge in [-0.05, 0) is 12.3 Å². The van der Waals surface area contributed by atoms with Crippen LogP contribution in [0, 0.1) is 5.92 Å². The summed E-state index contributed by atoms with van der Waals surface area (Å²) in [5.41, 5.74) is -0.0937. The summed E-state index contributed by atoms with van der Waals surface area (Å²) in [4.78, 5) is 16.1. The second-order valence-corrected chi connectivity index (χ2v) is 6.24. The first-order valence-corrected chi connectivity index (χ1v) is 7.82. The monoisotopic (exact) mass is 271 g/mol. The van der Waals surface area contributed by atoms with Crippen molar-refractivity contribution in [2.24, 2.45) is 5.92 Å². The highest BCUT2D eigenvalue weighted by molar-refractivity contribution is 7.84. The first-order valence-electron chi connectivity index (χ1n) is 6.10. The Morgan fingerprint density at radius 1 is 1.50 bits per heavy atom. The Bertz CT molecular complexity index is 457. The highest BCUT2D eigenvalue weighted by atomic mass is 32.2. The largest absolute Gasteiger partial charge is 0.365 e. The van der Waals surface area contributed by atoms with E-state index in [4.69, 9.17) is 0 Å². The van der Waals surface area contributed by atoms with Gasteiger partial charge in [-0.1, -0.05) is 13.8 Å². The lowest BCUT2D eigenvalue weighted by atomic mass is 10.2. The fraction of sp³-hybridized carbons (Fsp3) is 0.667. The number of aromatic nitrogens is 2. The van der Waals surface area contributed by atoms with Crippen molar-refractivity contribution in [1.29, 1.82) is 0 Å². The van der Waals surface area contributed by atoms with Gasteiger partial charge in [0.2, 0.25) is 0 Å². The zero-order valence-corrected chi connectivity index (χ0v) is 12.0. The molecular formula is C12H21N3O2S. The second kappa shape index (κ2) is 7.31. The SMILES string of the molecule is CC(C)Cn1ccnc(NCCCS(C)=O)c1=O. The summed E-state index contributed by atoms with van der Waals surface area (Å²) in [5, 5.41) is 3.00. The molecule has 6 heteroatoms. The van der Waals surface area contributed by atoms with Gasteiger partial charge in [-0.25, -0.2) is 4.98 Å². The molecule has 1 heterocycles. The van der Waals surface area contributed by atoms with Crippen LogP contribution in [0.25, 0.3) is 0 Å². The maximum Gasteiger partial charge on any atom is 0.293 e. The summed E-state index contributed by atoms with van der Waals surface area (Å²) in [7, 11) is -0.785. The van der Waals surface area contributed by atoms with E-state index in [9.17, 15) is 9.00 Å². The van der Waals surface area contributed by atoms with Crippen molar-refractivity contribution in [2.75, 3.05) is 23.9 Å². The van der Waals surface area contributed by atoms with Crippen LogP contribution in [-0.4, -0.2) is 32.3 Å². The van der Waals surface area contributed by atoms with E-state index in [2.05, 4.69) is 24.1 Å². The zero-order valence-electron chi connectivity index (χ0n) is 11.2. The van der Waals surface area contributed by atoms with Gasteiger partial charge in [0.25, 0.3) is 5.56 Å². The minimum absolute atomic E-state index is 0.0937. The first-order chi connectivity index (χ1) is 8.50. The quantitative estimate of drug-likeness (QED) is 0.754. The highest BCUT2D eigenvalue weighted by Gasteiger charge is 2.05. The van der Waals surface area contributed by atoms with Gasteiger partial charge in [-0.2, -0.15) is 0 Å². The summed E-state index contributed by atoms with van der Waals surface area (Å²) in [6.45, 7) is 5.44. The van der Waals surface area contributed by atoms with Crippen molar-refractivity contribution in [3.63, 3.8) is 0 Å². The molecule has 0 fully saturated rings. The molecule has 1 unspecified atom stereocenters. The van der Waals surface area contributed by atoms with Gasteiger partial charge in [-0.15, -0.1) is 0 Å². The molecular weight excluding hydrogens is 250 g/mol. The number of hydrogen-bond donors (Lipinski definition) is 1. The third-order valence-corrected chi connectivity index (χ3v) is 3.24. The van der Waals surface area contributed by atoms with Gasteiger partial charge in [0.15, 0.2) is 5.82 Å². The Morgan fingerprint density at radius 2 is 2.22 bits per heavy atom. The van der Waals surface area contributed by atoms with E-state index in [1.165, 1.54) is 0 Å². The standard InChI is InChI=1S/C12H21N3O2S/c1-10(2)9-15-7-6-14-11(12(15)16)13-5-4-8-18(3)17/h6-7,10H,4-5,8-9H2,1-3H3,(H,13,14). The van der Waals surface area contributed by atoms with Gasteiger partial charge >= 0.3 is 0 Å². The number of hydrogen-bond acceptors (Lipinski definition) is 4. The molecule has 0 saturated carbocycles. The minimum atomic E-state index is -0.785. The van der Waals surface area contributed by atoms with Gasteiger partial charge in [0, 0.05) is 48.3 Å². The Balaban J connectivity index is 2.61. The molecule has 0 amide bonds. The third-order valence-electron chi connectivity index (χ3n) is 2.38. The van der Waals surface area contributed by atoms with Crippen LogP contribution >= 0.6 is 0 Å². The van der Waals surface area contributed by atoms with Crippen LogP contribution in [0.2, 0.25) is 0 Å². The molecule has 0 bridgehead atoms. The summed E-state index contributed by atoms with van der Waals surface area (Å²) in [6, 6.07) is 0. The van der Waals surface area contributed by atoms with E-state index in [1.54, 1.807) is 23.2 Å². The fourth-order valence-electron chi connectivity index (χ4n) is 1.59. The van der Waals surface area contributed by atoms with Gasteiger partial charge < -0.3 is 9.88 Å². The molecule has 0 spiro atoms. The van der Waals surface area contributed by atoms with Crippen LogP contribution in [-0.2, 0) is 17.3 Å². The van der Waals surface area contributed by atoms with E-state index in [-0.39, 0.29) is 5.56 Å². The smallest absolute Gasteiger partial charge is 0.293 e. The predicted molar refractivity (Wildman–Crippen MR) is 75.4 cm³/mol. The number of nitrogens with one attached hydrogen (secondary N) is 1. The number of anilines is 1. The molecule has 1 N–H and O–H groups in total. The molecule has 18 heavy (non-hydrogen) atoms. The predicted octanol–water partition coefficient (Wildman–Crippen LogP) is 1.08.